The Bertz CT molecular complexity index is 742. The van der Waals surface area contributed by atoms with Crippen LogP contribution in [0, 0.1) is 11.6 Å². The molecule has 5 nitrogen and oxygen atoms in total. The van der Waals surface area contributed by atoms with Crippen LogP contribution < -0.4 is 5.32 Å². The van der Waals surface area contributed by atoms with E-state index in [0.29, 0.717) is 19.8 Å². The zero-order chi connectivity index (χ0) is 17.8. The molecule has 0 saturated carbocycles. The molecule has 1 fully saturated rings. The Kier molecular flexibility index (Phi) is 5.45. The fourth-order valence-electron chi connectivity index (χ4n) is 3.06. The van der Waals surface area contributed by atoms with E-state index >= 15 is 0 Å². The summed E-state index contributed by atoms with van der Waals surface area (Å²) in [7, 11) is 1.96. The summed E-state index contributed by atoms with van der Waals surface area (Å²) in [4.78, 5) is 14.6. The van der Waals surface area contributed by atoms with E-state index in [1.165, 1.54) is 6.07 Å². The minimum absolute atomic E-state index is 0.0156. The molecule has 0 radical (unpaired) electrons. The first-order chi connectivity index (χ1) is 12.1. The lowest BCUT2D eigenvalue weighted by Gasteiger charge is -2.35. The molecule has 0 spiro atoms. The summed E-state index contributed by atoms with van der Waals surface area (Å²) in [6.07, 6.45) is 1.96. The predicted molar refractivity (Wildman–Crippen MR) is 89.2 cm³/mol. The maximum absolute atomic E-state index is 13.3. The molecule has 1 aromatic carbocycles. The Hall–Kier alpha value is -2.25. The number of nitrogens with zero attached hydrogens (tertiary/aromatic N) is 2. The number of hydrogen-bond donors (Lipinski definition) is 1. The molecule has 1 amide bonds. The minimum Gasteiger partial charge on any atom is -0.379 e. The molecule has 7 heteroatoms. The quantitative estimate of drug-likeness (QED) is 0.899. The number of carbonyl (C=O) groups is 1. The number of benzene rings is 1. The molecule has 1 aliphatic rings. The number of hydrogen-bond acceptors (Lipinski definition) is 3. The van der Waals surface area contributed by atoms with Crippen LogP contribution in [0.2, 0.25) is 0 Å². The molecule has 3 rings (SSSR count). The van der Waals surface area contributed by atoms with Crippen LogP contribution in [0.5, 0.6) is 0 Å². The van der Waals surface area contributed by atoms with Crippen molar-refractivity contribution in [3.05, 3.63) is 59.4 Å². The van der Waals surface area contributed by atoms with Gasteiger partial charge in [0.2, 0.25) is 0 Å². The summed E-state index contributed by atoms with van der Waals surface area (Å²) in [6.45, 7) is 3.22. The van der Waals surface area contributed by atoms with E-state index in [1.54, 1.807) is 0 Å². The van der Waals surface area contributed by atoms with Crippen molar-refractivity contribution in [2.24, 2.45) is 7.05 Å². The summed E-state index contributed by atoms with van der Waals surface area (Å²) in [5.74, 6) is -2.42. The fourth-order valence-corrected chi connectivity index (χ4v) is 3.06. The highest BCUT2D eigenvalue weighted by Crippen LogP contribution is 2.21. The predicted octanol–water partition coefficient (Wildman–Crippen LogP) is 2.11. The van der Waals surface area contributed by atoms with Crippen molar-refractivity contribution in [3.8, 4) is 0 Å². The highest BCUT2D eigenvalue weighted by Gasteiger charge is 2.25. The molecule has 0 aliphatic carbocycles. The van der Waals surface area contributed by atoms with Crippen LogP contribution in [0.1, 0.15) is 22.1 Å². The second-order valence-electron chi connectivity index (χ2n) is 6.05. The summed E-state index contributed by atoms with van der Waals surface area (Å²) in [6, 6.07) is 7.11. The van der Waals surface area contributed by atoms with Gasteiger partial charge < -0.3 is 14.6 Å². The van der Waals surface area contributed by atoms with Gasteiger partial charge in [-0.1, -0.05) is 0 Å². The van der Waals surface area contributed by atoms with Crippen molar-refractivity contribution >= 4 is 5.91 Å². The highest BCUT2D eigenvalue weighted by atomic mass is 19.2. The van der Waals surface area contributed by atoms with Crippen molar-refractivity contribution < 1.29 is 18.3 Å². The second-order valence-corrected chi connectivity index (χ2v) is 6.05. The molecule has 2 aromatic rings. The van der Waals surface area contributed by atoms with E-state index in [2.05, 4.69) is 10.2 Å². The fraction of sp³-hybridized carbons (Fsp3) is 0.389. The Balaban J connectivity index is 1.72. The molecule has 1 aliphatic heterocycles. The van der Waals surface area contributed by atoms with Gasteiger partial charge in [0.15, 0.2) is 11.6 Å². The van der Waals surface area contributed by atoms with Gasteiger partial charge in [0, 0.05) is 44.1 Å². The minimum atomic E-state index is -1.03. The van der Waals surface area contributed by atoms with Crippen LogP contribution >= 0.6 is 0 Å². The third-order valence-electron chi connectivity index (χ3n) is 4.45. The van der Waals surface area contributed by atoms with Gasteiger partial charge in [-0.25, -0.2) is 8.78 Å². The van der Waals surface area contributed by atoms with Crippen LogP contribution in [0.25, 0.3) is 0 Å². The van der Waals surface area contributed by atoms with Gasteiger partial charge in [-0.05, 0) is 30.3 Å². The van der Waals surface area contributed by atoms with Gasteiger partial charge in [0.1, 0.15) is 0 Å². The largest absolute Gasteiger partial charge is 0.379 e. The average molecular weight is 349 g/mol. The number of amides is 1. The zero-order valence-corrected chi connectivity index (χ0v) is 14.0. The van der Waals surface area contributed by atoms with E-state index in [4.69, 9.17) is 4.74 Å². The smallest absolute Gasteiger partial charge is 0.251 e. The number of aromatic nitrogens is 1. The molecule has 0 unspecified atom stereocenters. The van der Waals surface area contributed by atoms with Gasteiger partial charge in [-0.3, -0.25) is 9.69 Å². The molecule has 134 valence electrons. The Morgan fingerprint density at radius 3 is 2.64 bits per heavy atom. The number of morpholine rings is 1. The van der Waals surface area contributed by atoms with Gasteiger partial charge in [-0.2, -0.15) is 0 Å². The Morgan fingerprint density at radius 1 is 1.24 bits per heavy atom. The third kappa shape index (κ3) is 4.05. The first kappa shape index (κ1) is 17.6. The topological polar surface area (TPSA) is 46.5 Å². The molecule has 1 aromatic heterocycles. The van der Waals surface area contributed by atoms with Crippen molar-refractivity contribution in [1.82, 2.24) is 14.8 Å². The van der Waals surface area contributed by atoms with Crippen LogP contribution in [-0.4, -0.2) is 48.2 Å². The van der Waals surface area contributed by atoms with Crippen molar-refractivity contribution in [3.63, 3.8) is 0 Å². The summed E-state index contributed by atoms with van der Waals surface area (Å²) in [5, 5.41) is 2.83. The zero-order valence-electron chi connectivity index (χ0n) is 14.0. The SMILES string of the molecule is Cn1cccc1[C@H](CNC(=O)c1ccc(F)c(F)c1)N1CCOCC1. The van der Waals surface area contributed by atoms with E-state index in [-0.39, 0.29) is 11.6 Å². The number of halogens is 2. The molecular formula is C18H21F2N3O2. The van der Waals surface area contributed by atoms with Gasteiger partial charge >= 0.3 is 0 Å². The van der Waals surface area contributed by atoms with E-state index in [0.717, 1.165) is 30.9 Å². The normalized spacial score (nSPS) is 16.6. The second kappa shape index (κ2) is 7.76. The van der Waals surface area contributed by atoms with Crippen LogP contribution in [0.3, 0.4) is 0 Å². The number of carbonyl (C=O) groups excluding carboxylic acids is 1. The summed E-state index contributed by atoms with van der Waals surface area (Å²) in [5.41, 5.74) is 1.18. The summed E-state index contributed by atoms with van der Waals surface area (Å²) >= 11 is 0. The molecule has 25 heavy (non-hydrogen) atoms. The first-order valence-corrected chi connectivity index (χ1v) is 8.22. The van der Waals surface area contributed by atoms with E-state index in [1.807, 2.05) is 29.9 Å². The van der Waals surface area contributed by atoms with Crippen molar-refractivity contribution in [2.45, 2.75) is 6.04 Å². The molecular weight excluding hydrogens is 328 g/mol. The van der Waals surface area contributed by atoms with Crippen LogP contribution in [0.15, 0.2) is 36.5 Å². The van der Waals surface area contributed by atoms with Crippen molar-refractivity contribution in [2.75, 3.05) is 32.8 Å². The maximum Gasteiger partial charge on any atom is 0.251 e. The maximum atomic E-state index is 13.3. The molecule has 1 saturated heterocycles. The Morgan fingerprint density at radius 2 is 2.00 bits per heavy atom. The molecule has 0 bridgehead atoms. The lowest BCUT2D eigenvalue weighted by Crippen LogP contribution is -2.44. The van der Waals surface area contributed by atoms with E-state index < -0.39 is 17.5 Å². The monoisotopic (exact) mass is 349 g/mol. The third-order valence-corrected chi connectivity index (χ3v) is 4.45. The number of ether oxygens (including phenoxy) is 1. The van der Waals surface area contributed by atoms with Gasteiger partial charge in [0.05, 0.1) is 19.3 Å². The number of rotatable bonds is 5. The molecule has 1 atom stereocenters. The number of aryl methyl sites for hydroxylation is 1. The van der Waals surface area contributed by atoms with E-state index in [9.17, 15) is 13.6 Å². The Labute approximate surface area is 145 Å². The summed E-state index contributed by atoms with van der Waals surface area (Å²) < 4.78 is 33.8. The first-order valence-electron chi connectivity index (χ1n) is 8.22. The average Bonchev–Trinajstić information content (AvgIpc) is 3.04. The van der Waals surface area contributed by atoms with Gasteiger partial charge in [-0.15, -0.1) is 0 Å². The lowest BCUT2D eigenvalue weighted by atomic mass is 10.1. The molecule has 1 N–H and O–H groups in total. The van der Waals surface area contributed by atoms with Gasteiger partial charge in [0.25, 0.3) is 5.91 Å². The van der Waals surface area contributed by atoms with Crippen LogP contribution in [-0.2, 0) is 11.8 Å². The highest BCUT2D eigenvalue weighted by molar-refractivity contribution is 5.94. The van der Waals surface area contributed by atoms with Crippen molar-refractivity contribution in [1.29, 1.82) is 0 Å². The molecule has 2 heterocycles. The lowest BCUT2D eigenvalue weighted by molar-refractivity contribution is 0.0148. The standard InChI is InChI=1S/C18H21F2N3O2/c1-22-6-2-3-16(22)17(23-7-9-25-10-8-23)12-21-18(24)13-4-5-14(19)15(20)11-13/h2-6,11,17H,7-10,12H2,1H3,(H,21,24)/t17-/m0/s1. The van der Waals surface area contributed by atoms with Crippen LogP contribution in [0.4, 0.5) is 8.78 Å². The number of nitrogens with one attached hydrogen (secondary N) is 1.